The van der Waals surface area contributed by atoms with E-state index in [0.717, 1.165) is 11.5 Å². The van der Waals surface area contributed by atoms with Crippen molar-refractivity contribution in [3.8, 4) is 0 Å². The Morgan fingerprint density at radius 1 is 1.22 bits per heavy atom. The maximum Gasteiger partial charge on any atom is 0.260 e. The molecule has 0 radical (unpaired) electrons. The average molecular weight is 251 g/mol. The van der Waals surface area contributed by atoms with Gasteiger partial charge in [0.15, 0.2) is 0 Å². The molecule has 0 spiro atoms. The van der Waals surface area contributed by atoms with Crippen LogP contribution in [-0.2, 0) is 19.2 Å². The summed E-state index contributed by atoms with van der Waals surface area (Å²) in [6.45, 7) is 4.55. The fraction of sp³-hybridized carbons (Fsp3) is 0.692. The summed E-state index contributed by atoms with van der Waals surface area (Å²) in [5.74, 6) is -0.743. The van der Waals surface area contributed by atoms with E-state index in [-0.39, 0.29) is 35.9 Å². The van der Waals surface area contributed by atoms with Crippen LogP contribution in [0.25, 0.3) is 0 Å². The van der Waals surface area contributed by atoms with Gasteiger partial charge in [0.1, 0.15) is 0 Å². The molecule has 2 fully saturated rings. The number of ether oxygens (including phenoxy) is 1. The van der Waals surface area contributed by atoms with Crippen molar-refractivity contribution >= 4 is 11.8 Å². The van der Waals surface area contributed by atoms with Gasteiger partial charge in [0.05, 0.1) is 30.7 Å². The largest absolute Gasteiger partial charge is 0.365 e. The third kappa shape index (κ3) is 1.61. The number of hydrogen-bond donors (Lipinski definition) is 0. The number of carbonyl (C=O) groups is 2. The van der Waals surface area contributed by atoms with Gasteiger partial charge in [0.2, 0.25) is 0 Å². The molecule has 98 valence electrons. The normalized spacial score (nSPS) is 37.2. The van der Waals surface area contributed by atoms with E-state index in [1.54, 1.807) is 0 Å². The molecule has 0 aromatic rings. The second-order valence-corrected chi connectivity index (χ2v) is 5.49. The molecular weight excluding hydrogens is 234 g/mol. The van der Waals surface area contributed by atoms with Crippen molar-refractivity contribution in [2.75, 3.05) is 6.61 Å². The first-order chi connectivity index (χ1) is 8.59. The number of hydrogen-bond acceptors (Lipinski definition) is 4. The fourth-order valence-electron chi connectivity index (χ4n) is 2.78. The van der Waals surface area contributed by atoms with Gasteiger partial charge in [-0.2, -0.15) is 5.06 Å². The monoisotopic (exact) mass is 251 g/mol. The van der Waals surface area contributed by atoms with Crippen LogP contribution in [0.5, 0.6) is 0 Å². The van der Waals surface area contributed by atoms with Crippen molar-refractivity contribution in [3.05, 3.63) is 12.2 Å². The van der Waals surface area contributed by atoms with Gasteiger partial charge < -0.3 is 4.74 Å². The third-order valence-corrected chi connectivity index (χ3v) is 3.79. The van der Waals surface area contributed by atoms with E-state index in [9.17, 15) is 9.59 Å². The summed E-state index contributed by atoms with van der Waals surface area (Å²) in [4.78, 5) is 29.6. The van der Waals surface area contributed by atoms with E-state index in [0.29, 0.717) is 12.5 Å². The zero-order valence-corrected chi connectivity index (χ0v) is 10.5. The molecule has 5 heteroatoms. The number of nitrogens with zero attached hydrogens (tertiary/aromatic N) is 1. The highest BCUT2D eigenvalue weighted by Gasteiger charge is 2.61. The predicted molar refractivity (Wildman–Crippen MR) is 62.0 cm³/mol. The van der Waals surface area contributed by atoms with Gasteiger partial charge in [-0.3, -0.25) is 14.4 Å². The van der Waals surface area contributed by atoms with Crippen LogP contribution in [0.15, 0.2) is 12.2 Å². The summed E-state index contributed by atoms with van der Waals surface area (Å²) in [5, 5.41) is 0.966. The van der Waals surface area contributed by atoms with Crippen molar-refractivity contribution in [1.82, 2.24) is 5.06 Å². The van der Waals surface area contributed by atoms with Crippen molar-refractivity contribution in [2.24, 2.45) is 17.8 Å². The quantitative estimate of drug-likeness (QED) is 0.550. The number of carbonyl (C=O) groups excluding carboxylic acids is 2. The molecule has 0 aromatic carbocycles. The van der Waals surface area contributed by atoms with Gasteiger partial charge in [-0.25, -0.2) is 0 Å². The van der Waals surface area contributed by atoms with E-state index >= 15 is 0 Å². The fourth-order valence-corrected chi connectivity index (χ4v) is 2.78. The van der Waals surface area contributed by atoms with Crippen LogP contribution in [0, 0.1) is 17.8 Å². The molecule has 3 heterocycles. The minimum absolute atomic E-state index is 0.241. The molecule has 0 aromatic heterocycles. The molecule has 0 unspecified atom stereocenters. The first-order valence-electron chi connectivity index (χ1n) is 6.44. The van der Waals surface area contributed by atoms with Gasteiger partial charge in [0.25, 0.3) is 11.8 Å². The highest BCUT2D eigenvalue weighted by atomic mass is 16.7. The number of fused-ring (bicyclic) bond motifs is 5. The van der Waals surface area contributed by atoms with Crippen LogP contribution >= 0.6 is 0 Å². The molecule has 2 amide bonds. The molecule has 0 N–H and O–H groups in total. The Balaban J connectivity index is 1.68. The molecular formula is C13H17NO4. The summed E-state index contributed by atoms with van der Waals surface area (Å²) in [6, 6.07) is 0. The number of amides is 2. The average Bonchev–Trinajstić information content (AvgIpc) is 2.97. The molecule has 2 saturated heterocycles. The first-order valence-corrected chi connectivity index (χ1v) is 6.44. The smallest absolute Gasteiger partial charge is 0.260 e. The molecule has 18 heavy (non-hydrogen) atoms. The van der Waals surface area contributed by atoms with Crippen LogP contribution in [0.1, 0.15) is 20.3 Å². The zero-order valence-electron chi connectivity index (χ0n) is 10.5. The lowest BCUT2D eigenvalue weighted by Gasteiger charge is -2.17. The second kappa shape index (κ2) is 4.17. The maximum atomic E-state index is 12.1. The first kappa shape index (κ1) is 11.9. The second-order valence-electron chi connectivity index (χ2n) is 5.49. The minimum atomic E-state index is -0.369. The van der Waals surface area contributed by atoms with Crippen LogP contribution in [0.4, 0.5) is 0 Å². The van der Waals surface area contributed by atoms with Crippen molar-refractivity contribution < 1.29 is 19.2 Å². The highest BCUT2D eigenvalue weighted by molar-refractivity contribution is 6.05. The summed E-state index contributed by atoms with van der Waals surface area (Å²) in [5.41, 5.74) is 0. The summed E-state index contributed by atoms with van der Waals surface area (Å²) in [6.07, 6.45) is 4.09. The van der Waals surface area contributed by atoms with E-state index in [1.165, 1.54) is 0 Å². The van der Waals surface area contributed by atoms with Gasteiger partial charge in [0, 0.05) is 0 Å². The van der Waals surface area contributed by atoms with Gasteiger partial charge >= 0.3 is 0 Å². The van der Waals surface area contributed by atoms with Crippen LogP contribution < -0.4 is 0 Å². The standard InChI is InChI=1S/C13H17NO4/c1-7(2)5-6-17-14-12(15)10-8-3-4-9(18-8)11(10)13(14)16/h3-4,7-11H,5-6H2,1-2H3/t8-,9-,10+,11+/m1/s1. The number of imide groups is 1. The van der Waals surface area contributed by atoms with Crippen LogP contribution in [0.2, 0.25) is 0 Å². The lowest BCUT2D eigenvalue weighted by atomic mass is 9.85. The third-order valence-electron chi connectivity index (χ3n) is 3.79. The topological polar surface area (TPSA) is 55.8 Å². The predicted octanol–water partition coefficient (Wildman–Crippen LogP) is 0.902. The maximum absolute atomic E-state index is 12.1. The highest BCUT2D eigenvalue weighted by Crippen LogP contribution is 2.45. The molecule has 5 nitrogen and oxygen atoms in total. The molecule has 3 aliphatic rings. The van der Waals surface area contributed by atoms with Gasteiger partial charge in [-0.1, -0.05) is 26.0 Å². The van der Waals surface area contributed by atoms with E-state index in [1.807, 2.05) is 12.2 Å². The summed E-state index contributed by atoms with van der Waals surface area (Å²) < 4.78 is 5.54. The lowest BCUT2D eigenvalue weighted by Crippen LogP contribution is -2.35. The SMILES string of the molecule is CC(C)CCON1C(=O)[C@@H]2[C@@H](C1=O)[C@H]1C=C[C@H]2O1. The van der Waals surface area contributed by atoms with Gasteiger partial charge in [-0.05, 0) is 12.3 Å². The summed E-state index contributed by atoms with van der Waals surface area (Å²) in [7, 11) is 0. The Morgan fingerprint density at radius 3 is 2.28 bits per heavy atom. The zero-order chi connectivity index (χ0) is 12.9. The Labute approximate surface area is 106 Å². The Morgan fingerprint density at radius 2 is 1.78 bits per heavy atom. The van der Waals surface area contributed by atoms with Crippen LogP contribution in [-0.4, -0.2) is 35.7 Å². The number of rotatable bonds is 4. The van der Waals surface area contributed by atoms with E-state index in [2.05, 4.69) is 13.8 Å². The van der Waals surface area contributed by atoms with Crippen LogP contribution in [0.3, 0.4) is 0 Å². The molecule has 4 atom stereocenters. The Kier molecular flexibility index (Phi) is 2.75. The van der Waals surface area contributed by atoms with Crippen molar-refractivity contribution in [3.63, 3.8) is 0 Å². The molecule has 3 aliphatic heterocycles. The minimum Gasteiger partial charge on any atom is -0.365 e. The van der Waals surface area contributed by atoms with Gasteiger partial charge in [-0.15, -0.1) is 0 Å². The Hall–Kier alpha value is -1.20. The molecule has 2 bridgehead atoms. The van der Waals surface area contributed by atoms with E-state index < -0.39 is 0 Å². The summed E-state index contributed by atoms with van der Waals surface area (Å²) >= 11 is 0. The van der Waals surface area contributed by atoms with Crippen molar-refractivity contribution in [2.45, 2.75) is 32.5 Å². The Bertz CT molecular complexity index is 387. The lowest BCUT2D eigenvalue weighted by molar-refractivity contribution is -0.192. The van der Waals surface area contributed by atoms with E-state index in [4.69, 9.17) is 9.57 Å². The molecule has 0 aliphatic carbocycles. The van der Waals surface area contributed by atoms with Crippen molar-refractivity contribution in [1.29, 1.82) is 0 Å². The molecule has 0 saturated carbocycles. The molecule has 3 rings (SSSR count). The number of hydroxylamine groups is 2.